The molecule has 23 heavy (non-hydrogen) atoms. The Morgan fingerprint density at radius 1 is 1.22 bits per heavy atom. The molecule has 0 amide bonds. The number of benzene rings is 1. The van der Waals surface area contributed by atoms with E-state index in [2.05, 4.69) is 0 Å². The van der Waals surface area contributed by atoms with Gasteiger partial charge in [-0.25, -0.2) is 9.59 Å². The molecule has 5 nitrogen and oxygen atoms in total. The number of aryl methyl sites for hydroxylation is 2. The summed E-state index contributed by atoms with van der Waals surface area (Å²) in [6.07, 6.45) is 3.81. The van der Waals surface area contributed by atoms with Crippen LogP contribution in [0.3, 0.4) is 0 Å². The average Bonchev–Trinajstić information content (AvgIpc) is 2.55. The number of carbonyl (C=O) groups is 1. The van der Waals surface area contributed by atoms with Crippen LogP contribution in [0.25, 0.3) is 11.0 Å². The molecule has 1 aliphatic carbocycles. The van der Waals surface area contributed by atoms with Crippen LogP contribution in [0, 0.1) is 6.92 Å². The third kappa shape index (κ3) is 2.96. The van der Waals surface area contributed by atoms with E-state index in [0.29, 0.717) is 17.9 Å². The SMILES string of the molecule is CCOC(=O)COc1ccc2c3c(c(=O)oc2c1C)CCCC3. The summed E-state index contributed by atoms with van der Waals surface area (Å²) in [5, 5.41) is 0.972. The Morgan fingerprint density at radius 2 is 1.96 bits per heavy atom. The van der Waals surface area contributed by atoms with Crippen molar-refractivity contribution in [3.8, 4) is 5.75 Å². The average molecular weight is 316 g/mol. The third-order valence-electron chi connectivity index (χ3n) is 4.24. The molecule has 1 aromatic heterocycles. The van der Waals surface area contributed by atoms with Crippen molar-refractivity contribution in [3.63, 3.8) is 0 Å². The van der Waals surface area contributed by atoms with Gasteiger partial charge in [0.1, 0.15) is 11.3 Å². The van der Waals surface area contributed by atoms with Gasteiger partial charge in [-0.3, -0.25) is 0 Å². The molecule has 0 N–H and O–H groups in total. The molecule has 1 aliphatic rings. The lowest BCUT2D eigenvalue weighted by atomic mass is 9.90. The highest BCUT2D eigenvalue weighted by Gasteiger charge is 2.20. The van der Waals surface area contributed by atoms with Crippen LogP contribution in [0.15, 0.2) is 21.3 Å². The summed E-state index contributed by atoms with van der Waals surface area (Å²) in [4.78, 5) is 23.6. The molecule has 1 aromatic carbocycles. The summed E-state index contributed by atoms with van der Waals surface area (Å²) < 4.78 is 15.9. The zero-order valence-electron chi connectivity index (χ0n) is 13.4. The van der Waals surface area contributed by atoms with Crippen LogP contribution in [0.4, 0.5) is 0 Å². The van der Waals surface area contributed by atoms with Crippen molar-refractivity contribution < 1.29 is 18.7 Å². The standard InChI is InChI=1S/C18H20O5/c1-3-21-16(19)10-22-15-9-8-13-12-6-4-5-7-14(12)18(20)23-17(13)11(15)2/h8-9H,3-7,10H2,1-2H3. The fourth-order valence-electron chi connectivity index (χ4n) is 3.12. The van der Waals surface area contributed by atoms with Crippen LogP contribution in [-0.2, 0) is 22.4 Å². The lowest BCUT2D eigenvalue weighted by molar-refractivity contribution is -0.145. The molecule has 0 unspecified atom stereocenters. The monoisotopic (exact) mass is 316 g/mol. The number of fused-ring (bicyclic) bond motifs is 3. The Labute approximate surface area is 134 Å². The van der Waals surface area contributed by atoms with Crippen LogP contribution in [0.5, 0.6) is 5.75 Å². The molecular formula is C18H20O5. The molecule has 1 heterocycles. The molecule has 2 aromatic rings. The first-order chi connectivity index (χ1) is 11.1. The second kappa shape index (κ2) is 6.44. The first-order valence-electron chi connectivity index (χ1n) is 7.98. The Kier molecular flexibility index (Phi) is 4.37. The predicted molar refractivity (Wildman–Crippen MR) is 86.0 cm³/mol. The number of esters is 1. The predicted octanol–water partition coefficient (Wildman–Crippen LogP) is 2.92. The van der Waals surface area contributed by atoms with Crippen molar-refractivity contribution in [2.75, 3.05) is 13.2 Å². The maximum Gasteiger partial charge on any atom is 0.344 e. The molecule has 0 bridgehead atoms. The van der Waals surface area contributed by atoms with Crippen molar-refractivity contribution in [2.45, 2.75) is 39.5 Å². The third-order valence-corrected chi connectivity index (χ3v) is 4.24. The molecule has 0 atom stereocenters. The molecular weight excluding hydrogens is 296 g/mol. The van der Waals surface area contributed by atoms with E-state index in [1.807, 2.05) is 19.1 Å². The first-order valence-corrected chi connectivity index (χ1v) is 7.98. The first kappa shape index (κ1) is 15.6. The van der Waals surface area contributed by atoms with E-state index < -0.39 is 5.97 Å². The number of ether oxygens (including phenoxy) is 2. The highest BCUT2D eigenvalue weighted by Crippen LogP contribution is 2.32. The smallest absolute Gasteiger partial charge is 0.344 e. The number of rotatable bonds is 4. The molecule has 0 spiro atoms. The zero-order chi connectivity index (χ0) is 16.4. The fourth-order valence-corrected chi connectivity index (χ4v) is 3.12. The minimum absolute atomic E-state index is 0.157. The van der Waals surface area contributed by atoms with Crippen molar-refractivity contribution in [1.29, 1.82) is 0 Å². The molecule has 0 fully saturated rings. The largest absolute Gasteiger partial charge is 0.481 e. The van der Waals surface area contributed by atoms with Gasteiger partial charge in [0.2, 0.25) is 0 Å². The molecule has 5 heteroatoms. The number of carbonyl (C=O) groups excluding carboxylic acids is 1. The Hall–Kier alpha value is -2.30. The van der Waals surface area contributed by atoms with Crippen LogP contribution in [0.2, 0.25) is 0 Å². The van der Waals surface area contributed by atoms with E-state index >= 15 is 0 Å². The van der Waals surface area contributed by atoms with E-state index in [-0.39, 0.29) is 12.2 Å². The van der Waals surface area contributed by atoms with E-state index in [4.69, 9.17) is 13.9 Å². The maximum atomic E-state index is 12.2. The lowest BCUT2D eigenvalue weighted by Gasteiger charge is -2.17. The van der Waals surface area contributed by atoms with Gasteiger partial charge >= 0.3 is 11.6 Å². The summed E-state index contributed by atoms with van der Waals surface area (Å²) >= 11 is 0. The second-order valence-electron chi connectivity index (χ2n) is 5.71. The Balaban J connectivity index is 1.99. The molecule has 3 rings (SSSR count). The minimum Gasteiger partial charge on any atom is -0.481 e. The number of hydrogen-bond donors (Lipinski definition) is 0. The summed E-state index contributed by atoms with van der Waals surface area (Å²) in [6, 6.07) is 3.74. The van der Waals surface area contributed by atoms with Crippen LogP contribution >= 0.6 is 0 Å². The van der Waals surface area contributed by atoms with Gasteiger partial charge < -0.3 is 13.9 Å². The highest BCUT2D eigenvalue weighted by atomic mass is 16.6. The fraction of sp³-hybridized carbons (Fsp3) is 0.444. The Morgan fingerprint density at radius 3 is 2.70 bits per heavy atom. The van der Waals surface area contributed by atoms with Gasteiger partial charge in [-0.2, -0.15) is 0 Å². The molecule has 0 radical (unpaired) electrons. The summed E-state index contributed by atoms with van der Waals surface area (Å²) in [5.74, 6) is 0.114. The van der Waals surface area contributed by atoms with Gasteiger partial charge in [0.15, 0.2) is 6.61 Å². The summed E-state index contributed by atoms with van der Waals surface area (Å²) in [7, 11) is 0. The topological polar surface area (TPSA) is 65.7 Å². The second-order valence-corrected chi connectivity index (χ2v) is 5.71. The molecule has 122 valence electrons. The van der Waals surface area contributed by atoms with Gasteiger partial charge in [-0.05, 0) is 57.2 Å². The van der Waals surface area contributed by atoms with Crippen molar-refractivity contribution in [3.05, 3.63) is 39.2 Å². The van der Waals surface area contributed by atoms with E-state index in [1.54, 1.807) is 6.92 Å². The van der Waals surface area contributed by atoms with Crippen molar-refractivity contribution >= 4 is 16.9 Å². The molecule has 0 saturated carbocycles. The Bertz CT molecular complexity index is 803. The van der Waals surface area contributed by atoms with Gasteiger partial charge in [0, 0.05) is 16.5 Å². The summed E-state index contributed by atoms with van der Waals surface area (Å²) in [6.45, 7) is 3.74. The van der Waals surface area contributed by atoms with Crippen LogP contribution in [-0.4, -0.2) is 19.2 Å². The van der Waals surface area contributed by atoms with E-state index in [0.717, 1.165) is 47.8 Å². The van der Waals surface area contributed by atoms with Gasteiger partial charge in [0.05, 0.1) is 6.61 Å². The highest BCUT2D eigenvalue weighted by molar-refractivity contribution is 5.86. The minimum atomic E-state index is -0.418. The normalized spacial score (nSPS) is 13.7. The lowest BCUT2D eigenvalue weighted by Crippen LogP contribution is -2.17. The zero-order valence-corrected chi connectivity index (χ0v) is 13.4. The quantitative estimate of drug-likeness (QED) is 0.641. The van der Waals surface area contributed by atoms with Crippen LogP contribution < -0.4 is 10.4 Å². The summed E-state index contributed by atoms with van der Waals surface area (Å²) in [5.41, 5.74) is 2.94. The van der Waals surface area contributed by atoms with Crippen LogP contribution in [0.1, 0.15) is 36.5 Å². The van der Waals surface area contributed by atoms with Crippen molar-refractivity contribution in [1.82, 2.24) is 0 Å². The molecule has 0 saturated heterocycles. The van der Waals surface area contributed by atoms with E-state index in [1.165, 1.54) is 0 Å². The van der Waals surface area contributed by atoms with Gasteiger partial charge in [-0.1, -0.05) is 0 Å². The maximum absolute atomic E-state index is 12.2. The van der Waals surface area contributed by atoms with Gasteiger partial charge in [-0.15, -0.1) is 0 Å². The number of hydrogen-bond acceptors (Lipinski definition) is 5. The van der Waals surface area contributed by atoms with E-state index in [9.17, 15) is 9.59 Å². The van der Waals surface area contributed by atoms with Gasteiger partial charge in [0.25, 0.3) is 0 Å². The van der Waals surface area contributed by atoms with Crippen molar-refractivity contribution in [2.24, 2.45) is 0 Å². The molecule has 0 aliphatic heterocycles.